The zero-order valence-corrected chi connectivity index (χ0v) is 21.9. The molecular formula is C30H33F4N3O. The van der Waals surface area contributed by atoms with Crippen LogP contribution >= 0.6 is 0 Å². The van der Waals surface area contributed by atoms with Gasteiger partial charge in [0.2, 0.25) is 0 Å². The van der Waals surface area contributed by atoms with Crippen LogP contribution in [0.5, 0.6) is 0 Å². The van der Waals surface area contributed by atoms with E-state index in [9.17, 15) is 17.6 Å². The van der Waals surface area contributed by atoms with Gasteiger partial charge in [-0.15, -0.1) is 0 Å². The van der Waals surface area contributed by atoms with Gasteiger partial charge in [0.15, 0.2) is 0 Å². The van der Waals surface area contributed by atoms with E-state index in [1.165, 1.54) is 12.1 Å². The Morgan fingerprint density at radius 2 is 1.79 bits per heavy atom. The molecule has 0 spiro atoms. The van der Waals surface area contributed by atoms with E-state index in [4.69, 9.17) is 4.74 Å². The van der Waals surface area contributed by atoms with Gasteiger partial charge in [-0.1, -0.05) is 55.8 Å². The van der Waals surface area contributed by atoms with Gasteiger partial charge in [0.25, 0.3) is 6.02 Å². The van der Waals surface area contributed by atoms with Crippen molar-refractivity contribution < 1.29 is 22.3 Å². The van der Waals surface area contributed by atoms with Gasteiger partial charge >= 0.3 is 6.18 Å². The summed E-state index contributed by atoms with van der Waals surface area (Å²) in [4.78, 5) is 8.62. The zero-order chi connectivity index (χ0) is 27.3. The molecule has 2 atom stereocenters. The average molecular weight is 528 g/mol. The first-order valence-corrected chi connectivity index (χ1v) is 12.9. The molecule has 3 aromatic rings. The summed E-state index contributed by atoms with van der Waals surface area (Å²) in [5, 5.41) is 3.34. The number of ether oxygens (including phenoxy) is 1. The molecule has 38 heavy (non-hydrogen) atoms. The smallest absolute Gasteiger partial charge is 0.417 e. The molecule has 1 aliphatic heterocycles. The van der Waals surface area contributed by atoms with Crippen LogP contribution < -0.4 is 5.32 Å². The van der Waals surface area contributed by atoms with Gasteiger partial charge < -0.3 is 10.1 Å². The van der Waals surface area contributed by atoms with E-state index in [0.29, 0.717) is 23.8 Å². The topological polar surface area (TPSA) is 46.5 Å². The average Bonchev–Trinajstić information content (AvgIpc) is 3.01. The summed E-state index contributed by atoms with van der Waals surface area (Å²) < 4.78 is 59.3. The fraction of sp³-hybridized carbons (Fsp3) is 0.400. The summed E-state index contributed by atoms with van der Waals surface area (Å²) in [6.07, 6.45) is -0.356. The van der Waals surface area contributed by atoms with Crippen molar-refractivity contribution in [3.8, 4) is 11.3 Å². The molecule has 1 unspecified atom stereocenters. The Morgan fingerprint density at radius 1 is 1.05 bits per heavy atom. The van der Waals surface area contributed by atoms with Crippen LogP contribution in [0.2, 0.25) is 0 Å². The largest absolute Gasteiger partial charge is 0.459 e. The van der Waals surface area contributed by atoms with Crippen LogP contribution in [-0.2, 0) is 17.3 Å². The number of alkyl halides is 3. The number of hydrogen-bond donors (Lipinski definition) is 1. The van der Waals surface area contributed by atoms with E-state index in [1.54, 1.807) is 12.1 Å². The highest BCUT2D eigenvalue weighted by atomic mass is 19.4. The molecule has 0 saturated carbocycles. The molecule has 0 radical (unpaired) electrons. The van der Waals surface area contributed by atoms with Crippen LogP contribution in [0, 0.1) is 11.7 Å². The highest BCUT2D eigenvalue weighted by molar-refractivity contribution is 5.75. The van der Waals surface area contributed by atoms with Crippen molar-refractivity contribution >= 4 is 6.02 Å². The summed E-state index contributed by atoms with van der Waals surface area (Å²) in [5.41, 5.74) is 1.64. The number of aliphatic imine (C=N–C) groups is 1. The number of halogens is 4. The summed E-state index contributed by atoms with van der Waals surface area (Å²) in [6, 6.07) is 17.1. The van der Waals surface area contributed by atoms with Crippen LogP contribution in [0.3, 0.4) is 0 Å². The van der Waals surface area contributed by atoms with Gasteiger partial charge in [-0.25, -0.2) is 9.38 Å². The third kappa shape index (κ3) is 6.71. The maximum atomic E-state index is 14.5. The van der Waals surface area contributed by atoms with Crippen LogP contribution in [-0.4, -0.2) is 23.2 Å². The van der Waals surface area contributed by atoms with Gasteiger partial charge in [0.05, 0.1) is 17.3 Å². The number of amidine groups is 1. The minimum atomic E-state index is -4.41. The second-order valence-corrected chi connectivity index (χ2v) is 10.2. The molecule has 1 aromatic heterocycles. The highest BCUT2D eigenvalue weighted by Gasteiger charge is 2.35. The molecule has 0 bridgehead atoms. The Hall–Kier alpha value is -3.42. The minimum Gasteiger partial charge on any atom is -0.459 e. The Bertz CT molecular complexity index is 1240. The third-order valence-corrected chi connectivity index (χ3v) is 7.05. The molecule has 1 aliphatic rings. The van der Waals surface area contributed by atoms with Crippen LogP contribution in [0.25, 0.3) is 11.3 Å². The SMILES string of the molecule is CCC[C@H](NC1=NCCC(Cc2ccc(-c3ccc(C(F)(F)F)cn3)cc2)C(C)(C)O1)c1ccccc1F. The maximum Gasteiger partial charge on any atom is 0.417 e. The van der Waals surface area contributed by atoms with E-state index in [0.717, 1.165) is 49.1 Å². The highest BCUT2D eigenvalue weighted by Crippen LogP contribution is 2.33. The molecular weight excluding hydrogens is 494 g/mol. The number of benzene rings is 2. The Labute approximate surface area is 221 Å². The summed E-state index contributed by atoms with van der Waals surface area (Å²) >= 11 is 0. The molecule has 0 saturated heterocycles. The van der Waals surface area contributed by atoms with E-state index in [-0.39, 0.29) is 17.8 Å². The fourth-order valence-electron chi connectivity index (χ4n) is 4.79. The lowest BCUT2D eigenvalue weighted by molar-refractivity contribution is -0.137. The lowest BCUT2D eigenvalue weighted by atomic mass is 9.83. The Kier molecular flexibility index (Phi) is 8.38. The molecule has 8 heteroatoms. The molecule has 2 aromatic carbocycles. The first-order valence-electron chi connectivity index (χ1n) is 12.9. The third-order valence-electron chi connectivity index (χ3n) is 7.05. The normalized spacial score (nSPS) is 18.2. The van der Waals surface area contributed by atoms with Gasteiger partial charge in [0, 0.05) is 29.8 Å². The van der Waals surface area contributed by atoms with Crippen molar-refractivity contribution in [1.29, 1.82) is 0 Å². The number of aromatic nitrogens is 1. The van der Waals surface area contributed by atoms with Crippen molar-refractivity contribution in [3.63, 3.8) is 0 Å². The molecule has 4 rings (SSSR count). The van der Waals surface area contributed by atoms with Crippen molar-refractivity contribution in [2.24, 2.45) is 10.9 Å². The standard InChI is InChI=1S/C30H33F4N3O/c1-4-7-27(24-8-5-6-9-25(24)31)37-28-35-17-16-22(29(2,3)38-28)18-20-10-12-21(13-11-20)26-15-14-23(19-36-26)30(32,33)34/h5-6,8-15,19,22,27H,4,7,16-18H2,1-3H3,(H,35,37)/t22?,27-/m0/s1. The number of nitrogens with zero attached hydrogens (tertiary/aromatic N) is 2. The van der Waals surface area contributed by atoms with E-state index < -0.39 is 17.3 Å². The maximum absolute atomic E-state index is 14.5. The van der Waals surface area contributed by atoms with E-state index in [2.05, 4.69) is 22.2 Å². The van der Waals surface area contributed by atoms with Crippen molar-refractivity contribution in [3.05, 3.63) is 89.4 Å². The van der Waals surface area contributed by atoms with Crippen LogP contribution in [0.15, 0.2) is 71.9 Å². The predicted molar refractivity (Wildman–Crippen MR) is 141 cm³/mol. The molecule has 4 nitrogen and oxygen atoms in total. The van der Waals surface area contributed by atoms with Crippen molar-refractivity contribution in [1.82, 2.24) is 10.3 Å². The lowest BCUT2D eigenvalue weighted by Gasteiger charge is -2.34. The first kappa shape index (κ1) is 27.6. The van der Waals surface area contributed by atoms with Gasteiger partial charge in [-0.05, 0) is 56.9 Å². The van der Waals surface area contributed by atoms with E-state index in [1.807, 2.05) is 44.2 Å². The molecule has 0 aliphatic carbocycles. The van der Waals surface area contributed by atoms with E-state index >= 15 is 0 Å². The minimum absolute atomic E-state index is 0.165. The molecule has 202 valence electrons. The Balaban J connectivity index is 1.42. The number of hydrogen-bond acceptors (Lipinski definition) is 4. The number of nitrogens with one attached hydrogen (secondary N) is 1. The zero-order valence-electron chi connectivity index (χ0n) is 21.9. The fourth-order valence-corrected chi connectivity index (χ4v) is 4.79. The van der Waals surface area contributed by atoms with Gasteiger partial charge in [0.1, 0.15) is 11.4 Å². The molecule has 2 heterocycles. The summed E-state index contributed by atoms with van der Waals surface area (Å²) in [5.74, 6) is -0.0848. The molecule has 0 amide bonds. The number of pyridine rings is 1. The summed E-state index contributed by atoms with van der Waals surface area (Å²) in [7, 11) is 0. The van der Waals surface area contributed by atoms with Gasteiger partial charge in [-0.2, -0.15) is 13.2 Å². The predicted octanol–water partition coefficient (Wildman–Crippen LogP) is 7.75. The quantitative estimate of drug-likeness (QED) is 0.320. The monoisotopic (exact) mass is 527 g/mol. The summed E-state index contributed by atoms with van der Waals surface area (Å²) in [6.45, 7) is 6.72. The second-order valence-electron chi connectivity index (χ2n) is 10.2. The van der Waals surface area contributed by atoms with Crippen LogP contribution in [0.4, 0.5) is 17.6 Å². The van der Waals surface area contributed by atoms with Crippen LogP contribution in [0.1, 0.15) is 62.8 Å². The van der Waals surface area contributed by atoms with Gasteiger partial charge in [-0.3, -0.25) is 4.98 Å². The van der Waals surface area contributed by atoms with Crippen molar-refractivity contribution in [2.75, 3.05) is 6.54 Å². The lowest BCUT2D eigenvalue weighted by Crippen LogP contribution is -2.41. The first-order chi connectivity index (χ1) is 18.1. The number of rotatable bonds is 7. The molecule has 1 N–H and O–H groups in total. The molecule has 0 fully saturated rings. The van der Waals surface area contributed by atoms with Crippen molar-refractivity contribution in [2.45, 2.75) is 64.3 Å². The Morgan fingerprint density at radius 3 is 2.42 bits per heavy atom. The second kappa shape index (κ2) is 11.5.